The minimum absolute atomic E-state index is 0.317. The van der Waals surface area contributed by atoms with Gasteiger partial charge in [-0.25, -0.2) is 0 Å². The molecule has 0 saturated carbocycles. The molecule has 0 heterocycles. The Morgan fingerprint density at radius 1 is 1.00 bits per heavy atom. The fraction of sp³-hybridized carbons (Fsp3) is 0.389. The number of amides is 2. The highest BCUT2D eigenvalue weighted by Gasteiger charge is 2.34. The van der Waals surface area contributed by atoms with Gasteiger partial charge < -0.3 is 5.11 Å². The standard InChI is InChI=1S/C18H22N2O4/c1-11(2)12-7-9-13(10-8-12)16(21)19-20-17(22)14-5-3-4-6-15(14)18(23)24/h3-4,7-11,14-15H,5-6H2,1-2H3,(H,19,21)(H,20,22)(H,23,24)/t14-,15+/m1/s1. The molecule has 0 saturated heterocycles. The summed E-state index contributed by atoms with van der Waals surface area (Å²) in [5.74, 6) is -3.01. The van der Waals surface area contributed by atoms with Gasteiger partial charge >= 0.3 is 5.97 Å². The van der Waals surface area contributed by atoms with Crippen LogP contribution >= 0.6 is 0 Å². The first kappa shape index (κ1) is 17.7. The van der Waals surface area contributed by atoms with Crippen LogP contribution in [0.3, 0.4) is 0 Å². The van der Waals surface area contributed by atoms with Gasteiger partial charge in [-0.15, -0.1) is 0 Å². The molecule has 6 heteroatoms. The Morgan fingerprint density at radius 2 is 1.58 bits per heavy atom. The summed E-state index contributed by atoms with van der Waals surface area (Å²) in [6.07, 6.45) is 4.22. The van der Waals surface area contributed by atoms with E-state index in [1.165, 1.54) is 0 Å². The first-order valence-corrected chi connectivity index (χ1v) is 7.98. The van der Waals surface area contributed by atoms with E-state index in [4.69, 9.17) is 0 Å². The van der Waals surface area contributed by atoms with Crippen molar-refractivity contribution in [3.8, 4) is 0 Å². The molecule has 1 aromatic rings. The van der Waals surface area contributed by atoms with E-state index < -0.39 is 29.6 Å². The predicted molar refractivity (Wildman–Crippen MR) is 89.1 cm³/mol. The van der Waals surface area contributed by atoms with Gasteiger partial charge in [0.2, 0.25) is 5.91 Å². The van der Waals surface area contributed by atoms with E-state index in [2.05, 4.69) is 24.7 Å². The fourth-order valence-electron chi connectivity index (χ4n) is 2.68. The van der Waals surface area contributed by atoms with Crippen LogP contribution in [0.25, 0.3) is 0 Å². The monoisotopic (exact) mass is 330 g/mol. The van der Waals surface area contributed by atoms with Gasteiger partial charge in [0, 0.05) is 5.56 Å². The topological polar surface area (TPSA) is 95.5 Å². The van der Waals surface area contributed by atoms with Crippen LogP contribution in [0.15, 0.2) is 36.4 Å². The lowest BCUT2D eigenvalue weighted by atomic mass is 9.82. The molecule has 0 unspecified atom stereocenters. The molecule has 2 atom stereocenters. The number of hydrogen-bond acceptors (Lipinski definition) is 3. The Bertz CT molecular complexity index is 649. The third-order valence-corrected chi connectivity index (χ3v) is 4.23. The number of rotatable bonds is 4. The van der Waals surface area contributed by atoms with E-state index in [0.717, 1.165) is 5.56 Å². The average Bonchev–Trinajstić information content (AvgIpc) is 2.59. The van der Waals surface area contributed by atoms with Crippen LogP contribution in [0.4, 0.5) is 0 Å². The summed E-state index contributed by atoms with van der Waals surface area (Å²) in [5, 5.41) is 9.18. The molecule has 0 bridgehead atoms. The third-order valence-electron chi connectivity index (χ3n) is 4.23. The van der Waals surface area contributed by atoms with Gasteiger partial charge in [0.1, 0.15) is 0 Å². The lowest BCUT2D eigenvalue weighted by Gasteiger charge is -2.24. The molecule has 0 aliphatic heterocycles. The Morgan fingerprint density at radius 3 is 2.12 bits per heavy atom. The fourth-order valence-corrected chi connectivity index (χ4v) is 2.68. The van der Waals surface area contributed by atoms with Crippen molar-refractivity contribution in [3.63, 3.8) is 0 Å². The molecule has 0 radical (unpaired) electrons. The zero-order valence-corrected chi connectivity index (χ0v) is 13.8. The minimum atomic E-state index is -1.00. The molecular weight excluding hydrogens is 308 g/mol. The number of carboxylic acid groups (broad SMARTS) is 1. The van der Waals surface area contributed by atoms with Crippen molar-refractivity contribution in [2.24, 2.45) is 11.8 Å². The van der Waals surface area contributed by atoms with Gasteiger partial charge in [-0.05, 0) is 36.5 Å². The molecule has 0 aromatic heterocycles. The molecule has 0 fully saturated rings. The number of aliphatic carboxylic acids is 1. The highest BCUT2D eigenvalue weighted by molar-refractivity contribution is 5.96. The van der Waals surface area contributed by atoms with Gasteiger partial charge in [0.05, 0.1) is 11.8 Å². The van der Waals surface area contributed by atoms with E-state index in [0.29, 0.717) is 24.3 Å². The van der Waals surface area contributed by atoms with Gasteiger partial charge in [-0.2, -0.15) is 0 Å². The Labute approximate surface area is 140 Å². The molecule has 1 aliphatic carbocycles. The Balaban J connectivity index is 1.94. The van der Waals surface area contributed by atoms with Crippen LogP contribution in [-0.4, -0.2) is 22.9 Å². The number of carboxylic acids is 1. The van der Waals surface area contributed by atoms with Gasteiger partial charge in [-0.3, -0.25) is 25.2 Å². The second-order valence-electron chi connectivity index (χ2n) is 6.21. The summed E-state index contributed by atoms with van der Waals surface area (Å²) in [4.78, 5) is 35.5. The number of allylic oxidation sites excluding steroid dienone is 2. The van der Waals surface area contributed by atoms with Crippen molar-refractivity contribution in [1.29, 1.82) is 0 Å². The summed E-state index contributed by atoms with van der Waals surface area (Å²) in [6.45, 7) is 4.12. The minimum Gasteiger partial charge on any atom is -0.481 e. The maximum atomic E-state index is 12.2. The van der Waals surface area contributed by atoms with Crippen LogP contribution in [0.2, 0.25) is 0 Å². The largest absolute Gasteiger partial charge is 0.481 e. The van der Waals surface area contributed by atoms with E-state index in [-0.39, 0.29) is 0 Å². The van der Waals surface area contributed by atoms with Crippen LogP contribution in [0, 0.1) is 11.8 Å². The van der Waals surface area contributed by atoms with Crippen molar-refractivity contribution in [2.75, 3.05) is 0 Å². The predicted octanol–water partition coefficient (Wildman–Crippen LogP) is 2.24. The molecule has 24 heavy (non-hydrogen) atoms. The molecular formula is C18H22N2O4. The van der Waals surface area contributed by atoms with Crippen LogP contribution in [0.1, 0.15) is 48.5 Å². The quantitative estimate of drug-likeness (QED) is 0.583. The lowest BCUT2D eigenvalue weighted by Crippen LogP contribution is -2.47. The average molecular weight is 330 g/mol. The normalized spacial score (nSPS) is 19.8. The summed E-state index contributed by atoms with van der Waals surface area (Å²) >= 11 is 0. The Hall–Kier alpha value is -2.63. The maximum Gasteiger partial charge on any atom is 0.307 e. The van der Waals surface area contributed by atoms with Crippen LogP contribution in [0.5, 0.6) is 0 Å². The molecule has 2 amide bonds. The zero-order chi connectivity index (χ0) is 17.7. The molecule has 3 N–H and O–H groups in total. The number of hydrazine groups is 1. The molecule has 128 valence electrons. The molecule has 0 spiro atoms. The summed E-state index contributed by atoms with van der Waals surface area (Å²) < 4.78 is 0. The zero-order valence-electron chi connectivity index (χ0n) is 13.8. The van der Waals surface area contributed by atoms with E-state index in [9.17, 15) is 19.5 Å². The number of hydrogen-bond donors (Lipinski definition) is 3. The SMILES string of the molecule is CC(C)c1ccc(C(=O)NNC(=O)[C@@H]2CC=CC[C@@H]2C(=O)O)cc1. The number of nitrogens with one attached hydrogen (secondary N) is 2. The lowest BCUT2D eigenvalue weighted by molar-refractivity contribution is -0.147. The van der Waals surface area contributed by atoms with E-state index >= 15 is 0 Å². The third kappa shape index (κ3) is 4.22. The first-order chi connectivity index (χ1) is 11.4. The highest BCUT2D eigenvalue weighted by Crippen LogP contribution is 2.25. The number of carbonyl (C=O) groups excluding carboxylic acids is 2. The highest BCUT2D eigenvalue weighted by atomic mass is 16.4. The summed E-state index contributed by atoms with van der Waals surface area (Å²) in [5.41, 5.74) is 6.23. The molecule has 1 aliphatic rings. The van der Waals surface area contributed by atoms with Crippen molar-refractivity contribution in [2.45, 2.75) is 32.6 Å². The first-order valence-electron chi connectivity index (χ1n) is 7.98. The Kier molecular flexibility index (Phi) is 5.73. The van der Waals surface area contributed by atoms with Crippen molar-refractivity contribution < 1.29 is 19.5 Å². The van der Waals surface area contributed by atoms with Gasteiger partial charge in [0.25, 0.3) is 5.91 Å². The van der Waals surface area contributed by atoms with Crippen molar-refractivity contribution in [3.05, 3.63) is 47.5 Å². The number of benzene rings is 1. The number of carbonyl (C=O) groups is 3. The summed E-state index contributed by atoms with van der Waals surface area (Å²) in [6, 6.07) is 7.13. The van der Waals surface area contributed by atoms with Gasteiger partial charge in [-0.1, -0.05) is 38.1 Å². The van der Waals surface area contributed by atoms with Gasteiger partial charge in [0.15, 0.2) is 0 Å². The smallest absolute Gasteiger partial charge is 0.307 e. The van der Waals surface area contributed by atoms with Crippen molar-refractivity contribution >= 4 is 17.8 Å². The second-order valence-corrected chi connectivity index (χ2v) is 6.21. The maximum absolute atomic E-state index is 12.2. The summed E-state index contributed by atoms with van der Waals surface area (Å²) in [7, 11) is 0. The molecule has 6 nitrogen and oxygen atoms in total. The van der Waals surface area contributed by atoms with Crippen LogP contribution < -0.4 is 10.9 Å². The van der Waals surface area contributed by atoms with Crippen LogP contribution in [-0.2, 0) is 9.59 Å². The molecule has 2 rings (SSSR count). The van der Waals surface area contributed by atoms with E-state index in [1.54, 1.807) is 24.3 Å². The second kappa shape index (κ2) is 7.77. The molecule has 1 aromatic carbocycles. The van der Waals surface area contributed by atoms with Crippen molar-refractivity contribution in [1.82, 2.24) is 10.9 Å². The van der Waals surface area contributed by atoms with E-state index in [1.807, 2.05) is 12.1 Å².